The van der Waals surface area contributed by atoms with E-state index >= 15 is 0 Å². The van der Waals surface area contributed by atoms with Gasteiger partial charge in [-0.05, 0) is 36.4 Å². The van der Waals surface area contributed by atoms with Crippen LogP contribution in [0.4, 0.5) is 16.5 Å². The Bertz CT molecular complexity index is 832. The highest BCUT2D eigenvalue weighted by Gasteiger charge is 2.10. The number of benzene rings is 1. The van der Waals surface area contributed by atoms with Crippen molar-refractivity contribution in [3.8, 4) is 0 Å². The summed E-state index contributed by atoms with van der Waals surface area (Å²) in [6.45, 7) is 0. The first-order chi connectivity index (χ1) is 10.2. The Balaban J connectivity index is 2.04. The Hall–Kier alpha value is -2.51. The van der Waals surface area contributed by atoms with Gasteiger partial charge in [0.05, 0.1) is 11.1 Å². The molecular weight excluding hydrogens is 288 g/mol. The minimum atomic E-state index is -0.285. The minimum Gasteiger partial charge on any atom is -0.321 e. The van der Waals surface area contributed by atoms with Crippen LogP contribution >= 0.6 is 11.3 Å². The van der Waals surface area contributed by atoms with Crippen molar-refractivity contribution in [3.63, 3.8) is 0 Å². The number of fused-ring (bicyclic) bond motifs is 1. The SMILES string of the molecule is CN(c1ccc(NO)cc1)c1nc(=O)c2cccnc2s1. The van der Waals surface area contributed by atoms with Gasteiger partial charge in [-0.25, -0.2) is 4.98 Å². The van der Waals surface area contributed by atoms with Crippen LogP contribution in [0.15, 0.2) is 47.4 Å². The van der Waals surface area contributed by atoms with E-state index in [0.717, 1.165) is 5.69 Å². The monoisotopic (exact) mass is 300 g/mol. The summed E-state index contributed by atoms with van der Waals surface area (Å²) in [7, 11) is 1.83. The summed E-state index contributed by atoms with van der Waals surface area (Å²) in [5.74, 6) is 0. The number of nitrogens with zero attached hydrogens (tertiary/aromatic N) is 3. The van der Waals surface area contributed by atoms with E-state index < -0.39 is 0 Å². The molecule has 3 aromatic rings. The molecule has 0 aliphatic rings. The van der Waals surface area contributed by atoms with Crippen molar-refractivity contribution < 1.29 is 5.21 Å². The lowest BCUT2D eigenvalue weighted by molar-refractivity contribution is 0.389. The second kappa shape index (κ2) is 5.47. The van der Waals surface area contributed by atoms with E-state index in [-0.39, 0.29) is 5.56 Å². The molecule has 0 amide bonds. The van der Waals surface area contributed by atoms with Gasteiger partial charge in [-0.3, -0.25) is 15.5 Å². The van der Waals surface area contributed by atoms with Gasteiger partial charge in [0, 0.05) is 18.9 Å². The van der Waals surface area contributed by atoms with Crippen molar-refractivity contribution in [3.05, 3.63) is 52.9 Å². The van der Waals surface area contributed by atoms with Crippen molar-refractivity contribution in [1.82, 2.24) is 9.97 Å². The summed E-state index contributed by atoms with van der Waals surface area (Å²) < 4.78 is 0. The van der Waals surface area contributed by atoms with Gasteiger partial charge in [-0.2, -0.15) is 4.98 Å². The zero-order chi connectivity index (χ0) is 14.8. The summed E-state index contributed by atoms with van der Waals surface area (Å²) in [5, 5.41) is 9.91. The number of rotatable bonds is 3. The van der Waals surface area contributed by atoms with Gasteiger partial charge in [-0.15, -0.1) is 0 Å². The fourth-order valence-electron chi connectivity index (χ4n) is 1.90. The molecule has 0 radical (unpaired) electrons. The number of aromatic nitrogens is 2. The van der Waals surface area contributed by atoms with E-state index in [1.54, 1.807) is 35.4 Å². The Morgan fingerprint density at radius 1 is 1.24 bits per heavy atom. The van der Waals surface area contributed by atoms with Crippen LogP contribution < -0.4 is 15.9 Å². The average Bonchev–Trinajstić information content (AvgIpc) is 2.54. The quantitative estimate of drug-likeness (QED) is 0.724. The van der Waals surface area contributed by atoms with E-state index in [0.29, 0.717) is 21.0 Å². The van der Waals surface area contributed by atoms with Crippen LogP contribution in [0, 0.1) is 0 Å². The lowest BCUT2D eigenvalue weighted by atomic mass is 10.3. The van der Waals surface area contributed by atoms with Gasteiger partial charge < -0.3 is 4.90 Å². The topological polar surface area (TPSA) is 78.4 Å². The molecular formula is C14H12N4O2S. The van der Waals surface area contributed by atoms with Gasteiger partial charge >= 0.3 is 0 Å². The van der Waals surface area contributed by atoms with Gasteiger partial charge in [0.25, 0.3) is 5.56 Å². The minimum absolute atomic E-state index is 0.285. The molecule has 0 atom stereocenters. The molecule has 0 bridgehead atoms. The van der Waals surface area contributed by atoms with Gasteiger partial charge in [-0.1, -0.05) is 11.3 Å². The molecule has 2 heterocycles. The maximum atomic E-state index is 12.0. The zero-order valence-electron chi connectivity index (χ0n) is 11.1. The maximum Gasteiger partial charge on any atom is 0.282 e. The van der Waals surface area contributed by atoms with Crippen LogP contribution in [0.3, 0.4) is 0 Å². The normalized spacial score (nSPS) is 10.6. The molecule has 0 aliphatic heterocycles. The predicted molar refractivity (Wildman–Crippen MR) is 83.6 cm³/mol. The Morgan fingerprint density at radius 3 is 2.71 bits per heavy atom. The molecule has 0 saturated heterocycles. The number of pyridine rings is 1. The average molecular weight is 300 g/mol. The summed E-state index contributed by atoms with van der Waals surface area (Å²) in [6, 6.07) is 10.5. The van der Waals surface area contributed by atoms with Crippen LogP contribution in [0.1, 0.15) is 0 Å². The number of hydrogen-bond donors (Lipinski definition) is 2. The fraction of sp³-hybridized carbons (Fsp3) is 0.0714. The Kier molecular flexibility index (Phi) is 3.51. The van der Waals surface area contributed by atoms with Crippen molar-refractivity contribution in [2.45, 2.75) is 0 Å². The summed E-state index contributed by atoms with van der Waals surface area (Å²) >= 11 is 1.35. The van der Waals surface area contributed by atoms with Crippen molar-refractivity contribution in [1.29, 1.82) is 0 Å². The van der Waals surface area contributed by atoms with Crippen molar-refractivity contribution >= 4 is 38.1 Å². The van der Waals surface area contributed by atoms with Crippen molar-refractivity contribution in [2.75, 3.05) is 17.4 Å². The summed E-state index contributed by atoms with van der Waals surface area (Å²) in [6.07, 6.45) is 1.66. The van der Waals surface area contributed by atoms with Gasteiger partial charge in [0.15, 0.2) is 5.13 Å². The molecule has 2 aromatic heterocycles. The second-order valence-electron chi connectivity index (χ2n) is 4.38. The number of hydrogen-bond acceptors (Lipinski definition) is 7. The van der Waals surface area contributed by atoms with Gasteiger partial charge in [0.2, 0.25) is 0 Å². The molecule has 106 valence electrons. The predicted octanol–water partition coefficient (Wildman–Crippen LogP) is 2.62. The van der Waals surface area contributed by atoms with E-state index in [2.05, 4.69) is 15.4 Å². The lowest BCUT2D eigenvalue weighted by Crippen LogP contribution is -2.15. The molecule has 0 spiro atoms. The van der Waals surface area contributed by atoms with E-state index in [4.69, 9.17) is 5.21 Å². The largest absolute Gasteiger partial charge is 0.321 e. The molecule has 0 saturated carbocycles. The summed E-state index contributed by atoms with van der Waals surface area (Å²) in [5.41, 5.74) is 3.24. The first kappa shape index (κ1) is 13.5. The van der Waals surface area contributed by atoms with Crippen LogP contribution in [0.25, 0.3) is 10.2 Å². The molecule has 0 unspecified atom stereocenters. The van der Waals surface area contributed by atoms with Crippen LogP contribution in [-0.4, -0.2) is 22.2 Å². The van der Waals surface area contributed by atoms with E-state index in [1.807, 2.05) is 19.2 Å². The molecule has 7 heteroatoms. The molecule has 1 aromatic carbocycles. The standard InChI is InChI=1S/C14H12N4O2S/c1-18(10-6-4-9(17-20)5-7-10)14-16-12(19)11-3-2-8-15-13(11)21-14/h2-8,17,20H,1H3. The van der Waals surface area contributed by atoms with E-state index in [1.165, 1.54) is 11.3 Å². The molecule has 0 fully saturated rings. The Labute approximate surface area is 124 Å². The number of anilines is 3. The third-order valence-corrected chi connectivity index (χ3v) is 4.12. The smallest absolute Gasteiger partial charge is 0.282 e. The molecule has 21 heavy (non-hydrogen) atoms. The first-order valence-corrected chi connectivity index (χ1v) is 7.00. The maximum absolute atomic E-state index is 12.0. The molecule has 3 rings (SSSR count). The highest BCUT2D eigenvalue weighted by Crippen LogP contribution is 2.28. The van der Waals surface area contributed by atoms with Gasteiger partial charge in [0.1, 0.15) is 4.83 Å². The fourth-order valence-corrected chi connectivity index (χ4v) is 2.83. The zero-order valence-corrected chi connectivity index (χ0v) is 12.0. The first-order valence-electron chi connectivity index (χ1n) is 6.19. The lowest BCUT2D eigenvalue weighted by Gasteiger charge is -2.17. The number of nitrogens with one attached hydrogen (secondary N) is 1. The highest BCUT2D eigenvalue weighted by atomic mass is 32.1. The molecule has 0 aliphatic carbocycles. The third kappa shape index (κ3) is 2.56. The highest BCUT2D eigenvalue weighted by molar-refractivity contribution is 7.21. The third-order valence-electron chi connectivity index (χ3n) is 3.06. The summed E-state index contributed by atoms with van der Waals surface area (Å²) in [4.78, 5) is 22.8. The molecule has 6 nitrogen and oxygen atoms in total. The van der Waals surface area contributed by atoms with E-state index in [9.17, 15) is 4.79 Å². The van der Waals surface area contributed by atoms with Crippen LogP contribution in [0.2, 0.25) is 0 Å². The Morgan fingerprint density at radius 2 is 2.00 bits per heavy atom. The second-order valence-corrected chi connectivity index (χ2v) is 5.33. The molecule has 2 N–H and O–H groups in total. The van der Waals surface area contributed by atoms with Crippen LogP contribution in [-0.2, 0) is 0 Å². The van der Waals surface area contributed by atoms with Crippen LogP contribution in [0.5, 0.6) is 0 Å². The van der Waals surface area contributed by atoms with Crippen molar-refractivity contribution in [2.24, 2.45) is 0 Å².